The van der Waals surface area contributed by atoms with Gasteiger partial charge in [-0.25, -0.2) is 4.98 Å². The maximum atomic E-state index is 12.3. The molecule has 0 aliphatic rings. The van der Waals surface area contributed by atoms with E-state index in [-0.39, 0.29) is 24.4 Å². The van der Waals surface area contributed by atoms with Crippen molar-refractivity contribution in [3.63, 3.8) is 0 Å². The number of hydrogen-bond acceptors (Lipinski definition) is 7. The highest BCUT2D eigenvalue weighted by Crippen LogP contribution is 2.19. The number of pyridine rings is 2. The van der Waals surface area contributed by atoms with E-state index in [2.05, 4.69) is 37.7 Å². The fraction of sp³-hybridized carbons (Fsp3) is 0.350. The first-order valence-corrected chi connectivity index (χ1v) is 9.31. The summed E-state index contributed by atoms with van der Waals surface area (Å²) in [5.74, 6) is 1.60. The second-order valence-electron chi connectivity index (χ2n) is 6.68. The lowest BCUT2D eigenvalue weighted by Gasteiger charge is -2.17. The van der Waals surface area contributed by atoms with E-state index in [0.717, 1.165) is 12.1 Å². The summed E-state index contributed by atoms with van der Waals surface area (Å²) in [4.78, 5) is 25.3. The maximum Gasteiger partial charge on any atom is 0.253 e. The van der Waals surface area contributed by atoms with Crippen LogP contribution < -0.4 is 10.6 Å². The lowest BCUT2D eigenvalue weighted by atomic mass is 10.1. The zero-order chi connectivity index (χ0) is 19.9. The molecule has 3 heterocycles. The van der Waals surface area contributed by atoms with Gasteiger partial charge in [0.1, 0.15) is 5.82 Å². The minimum absolute atomic E-state index is 0.0572. The molecule has 3 aromatic heterocycles. The van der Waals surface area contributed by atoms with E-state index in [1.165, 1.54) is 0 Å². The van der Waals surface area contributed by atoms with Crippen molar-refractivity contribution < 1.29 is 9.32 Å². The average molecular weight is 380 g/mol. The van der Waals surface area contributed by atoms with Crippen LogP contribution in [0.25, 0.3) is 0 Å². The van der Waals surface area contributed by atoms with Crippen molar-refractivity contribution in [3.05, 3.63) is 65.7 Å². The molecular formula is C20H24N6O2. The Kier molecular flexibility index (Phi) is 6.31. The molecule has 0 aliphatic carbocycles. The molecule has 0 fully saturated rings. The van der Waals surface area contributed by atoms with Gasteiger partial charge in [0, 0.05) is 18.3 Å². The summed E-state index contributed by atoms with van der Waals surface area (Å²) in [6.45, 7) is 6.21. The summed E-state index contributed by atoms with van der Waals surface area (Å²) in [6.07, 6.45) is 4.18. The van der Waals surface area contributed by atoms with Gasteiger partial charge < -0.3 is 15.2 Å². The predicted molar refractivity (Wildman–Crippen MR) is 105 cm³/mol. The molecule has 0 radical (unpaired) electrons. The molecule has 1 atom stereocenters. The molecule has 0 aromatic carbocycles. The number of nitrogens with one attached hydrogen (secondary N) is 2. The van der Waals surface area contributed by atoms with Gasteiger partial charge in [-0.05, 0) is 30.7 Å². The average Bonchev–Trinajstić information content (AvgIpc) is 3.21. The SMILES string of the molecule is CCC(Nc1ccc(C(=O)NCc2noc(C(C)C)n2)cn1)c1ccccn1. The number of carbonyl (C=O) groups is 1. The number of rotatable bonds is 8. The summed E-state index contributed by atoms with van der Waals surface area (Å²) in [5, 5.41) is 9.97. The van der Waals surface area contributed by atoms with Gasteiger partial charge in [-0.3, -0.25) is 9.78 Å². The number of hydrogen-bond donors (Lipinski definition) is 2. The van der Waals surface area contributed by atoms with Gasteiger partial charge in [0.25, 0.3) is 5.91 Å². The van der Waals surface area contributed by atoms with Crippen LogP contribution in [0.15, 0.2) is 47.2 Å². The molecule has 1 unspecified atom stereocenters. The Bertz CT molecular complexity index is 893. The third kappa shape index (κ3) is 4.91. The second kappa shape index (κ2) is 9.07. The summed E-state index contributed by atoms with van der Waals surface area (Å²) < 4.78 is 5.13. The van der Waals surface area contributed by atoms with E-state index < -0.39 is 0 Å². The molecule has 0 spiro atoms. The van der Waals surface area contributed by atoms with Gasteiger partial charge in [-0.1, -0.05) is 32.0 Å². The van der Waals surface area contributed by atoms with Crippen LogP contribution in [0.5, 0.6) is 0 Å². The maximum absolute atomic E-state index is 12.3. The molecule has 28 heavy (non-hydrogen) atoms. The molecule has 3 rings (SSSR count). The minimum Gasteiger partial charge on any atom is -0.362 e. The van der Waals surface area contributed by atoms with Gasteiger partial charge in [0.2, 0.25) is 5.89 Å². The first kappa shape index (κ1) is 19.5. The van der Waals surface area contributed by atoms with Crippen LogP contribution in [-0.4, -0.2) is 26.0 Å². The monoisotopic (exact) mass is 380 g/mol. The van der Waals surface area contributed by atoms with Gasteiger partial charge >= 0.3 is 0 Å². The highest BCUT2D eigenvalue weighted by molar-refractivity contribution is 5.93. The van der Waals surface area contributed by atoms with Gasteiger partial charge in [0.05, 0.1) is 23.8 Å². The number of aromatic nitrogens is 4. The third-order valence-corrected chi connectivity index (χ3v) is 4.19. The Morgan fingerprint density at radius 3 is 2.64 bits per heavy atom. The van der Waals surface area contributed by atoms with Crippen LogP contribution in [0.4, 0.5) is 5.82 Å². The second-order valence-corrected chi connectivity index (χ2v) is 6.68. The van der Waals surface area contributed by atoms with Crippen molar-refractivity contribution in [1.82, 2.24) is 25.4 Å². The van der Waals surface area contributed by atoms with Crippen LogP contribution in [0, 0.1) is 0 Å². The molecule has 3 aromatic rings. The molecule has 0 bridgehead atoms. The van der Waals surface area contributed by atoms with Crippen LogP contribution in [0.1, 0.15) is 66.9 Å². The van der Waals surface area contributed by atoms with Crippen molar-refractivity contribution in [3.8, 4) is 0 Å². The molecule has 0 saturated carbocycles. The first-order valence-electron chi connectivity index (χ1n) is 9.31. The normalized spacial score (nSPS) is 12.0. The number of anilines is 1. The van der Waals surface area contributed by atoms with Crippen molar-refractivity contribution >= 4 is 11.7 Å². The molecule has 146 valence electrons. The Morgan fingerprint density at radius 2 is 2.04 bits per heavy atom. The summed E-state index contributed by atoms with van der Waals surface area (Å²) in [5.41, 5.74) is 1.42. The van der Waals surface area contributed by atoms with Crippen LogP contribution in [0.3, 0.4) is 0 Å². The molecule has 0 saturated heterocycles. The molecule has 8 heteroatoms. The minimum atomic E-state index is -0.244. The molecule has 1 amide bonds. The summed E-state index contributed by atoms with van der Waals surface area (Å²) in [6, 6.07) is 9.39. The van der Waals surface area contributed by atoms with E-state index in [9.17, 15) is 4.79 Å². The number of carbonyl (C=O) groups excluding carboxylic acids is 1. The Hall–Kier alpha value is -3.29. The Balaban J connectivity index is 1.57. The quantitative estimate of drug-likeness (QED) is 0.616. The fourth-order valence-corrected chi connectivity index (χ4v) is 2.59. The van der Waals surface area contributed by atoms with Crippen LogP contribution >= 0.6 is 0 Å². The Labute approximate surface area is 163 Å². The van der Waals surface area contributed by atoms with Crippen molar-refractivity contribution in [2.45, 2.75) is 45.7 Å². The van der Waals surface area contributed by atoms with E-state index in [1.54, 1.807) is 24.5 Å². The van der Waals surface area contributed by atoms with E-state index in [0.29, 0.717) is 23.1 Å². The Morgan fingerprint density at radius 1 is 1.18 bits per heavy atom. The topological polar surface area (TPSA) is 106 Å². The highest BCUT2D eigenvalue weighted by Gasteiger charge is 2.13. The smallest absolute Gasteiger partial charge is 0.253 e. The van der Waals surface area contributed by atoms with Crippen LogP contribution in [-0.2, 0) is 6.54 Å². The largest absolute Gasteiger partial charge is 0.362 e. The summed E-state index contributed by atoms with van der Waals surface area (Å²) in [7, 11) is 0. The molecule has 2 N–H and O–H groups in total. The van der Waals surface area contributed by atoms with E-state index >= 15 is 0 Å². The van der Waals surface area contributed by atoms with Crippen molar-refractivity contribution in [1.29, 1.82) is 0 Å². The van der Waals surface area contributed by atoms with Gasteiger partial charge in [-0.15, -0.1) is 0 Å². The standard InChI is InChI=1S/C20H24N6O2/c1-4-15(16-7-5-6-10-21-16)24-17-9-8-14(11-22-17)19(27)23-12-18-25-20(13(2)3)28-26-18/h5-11,13,15H,4,12H2,1-3H3,(H,22,24)(H,23,27). The lowest BCUT2D eigenvalue weighted by Crippen LogP contribution is -2.23. The van der Waals surface area contributed by atoms with E-state index in [1.807, 2.05) is 32.0 Å². The summed E-state index contributed by atoms with van der Waals surface area (Å²) >= 11 is 0. The first-order chi connectivity index (χ1) is 13.6. The number of amides is 1. The highest BCUT2D eigenvalue weighted by atomic mass is 16.5. The van der Waals surface area contributed by atoms with Crippen molar-refractivity contribution in [2.24, 2.45) is 0 Å². The molecular weight excluding hydrogens is 356 g/mol. The van der Waals surface area contributed by atoms with Gasteiger partial charge in [-0.2, -0.15) is 4.98 Å². The number of nitrogens with zero attached hydrogens (tertiary/aromatic N) is 4. The van der Waals surface area contributed by atoms with Crippen molar-refractivity contribution in [2.75, 3.05) is 5.32 Å². The zero-order valence-electron chi connectivity index (χ0n) is 16.2. The van der Waals surface area contributed by atoms with Gasteiger partial charge in [0.15, 0.2) is 5.82 Å². The molecule has 0 aliphatic heterocycles. The third-order valence-electron chi connectivity index (χ3n) is 4.19. The predicted octanol–water partition coefficient (Wildman–Crippen LogP) is 3.48. The van der Waals surface area contributed by atoms with E-state index in [4.69, 9.17) is 4.52 Å². The lowest BCUT2D eigenvalue weighted by molar-refractivity contribution is 0.0949. The fourth-order valence-electron chi connectivity index (χ4n) is 2.59. The zero-order valence-corrected chi connectivity index (χ0v) is 16.2. The molecule has 8 nitrogen and oxygen atoms in total. The van der Waals surface area contributed by atoms with Crippen LogP contribution in [0.2, 0.25) is 0 Å².